The maximum atomic E-state index is 10.7. The molecule has 0 aliphatic heterocycles. The molecule has 0 amide bonds. The van der Waals surface area contributed by atoms with Gasteiger partial charge in [-0.3, -0.25) is 10.1 Å². The number of nitro groups is 1. The average Bonchev–Trinajstić information content (AvgIpc) is 3.30. The third kappa shape index (κ3) is 4.94. The lowest BCUT2D eigenvalue weighted by atomic mass is 10.2. The van der Waals surface area contributed by atoms with E-state index >= 15 is 0 Å². The Hall–Kier alpha value is -3.14. The van der Waals surface area contributed by atoms with E-state index in [9.17, 15) is 10.1 Å². The molecular formula is C17H20N7O2S+. The van der Waals surface area contributed by atoms with Crippen LogP contribution in [0.2, 0.25) is 0 Å². The molecule has 1 aromatic carbocycles. The van der Waals surface area contributed by atoms with E-state index in [1.807, 2.05) is 42.1 Å². The van der Waals surface area contributed by atoms with Gasteiger partial charge in [-0.05, 0) is 42.5 Å². The van der Waals surface area contributed by atoms with Crippen molar-refractivity contribution >= 4 is 32.8 Å². The van der Waals surface area contributed by atoms with E-state index in [2.05, 4.69) is 44.1 Å². The highest BCUT2D eigenvalue weighted by Crippen LogP contribution is 2.29. The summed E-state index contributed by atoms with van der Waals surface area (Å²) < 4.78 is 4.17. The second-order valence-electron chi connectivity index (χ2n) is 5.85. The number of nitrogens with zero attached hydrogens (tertiary/aromatic N) is 7. The van der Waals surface area contributed by atoms with Gasteiger partial charge in [-0.1, -0.05) is 0 Å². The Labute approximate surface area is 160 Å². The fourth-order valence-electron chi connectivity index (χ4n) is 2.56. The fourth-order valence-corrected chi connectivity index (χ4v) is 3.11. The number of azo groups is 1. The zero-order valence-electron chi connectivity index (χ0n) is 15.1. The first-order chi connectivity index (χ1) is 13.0. The van der Waals surface area contributed by atoms with Gasteiger partial charge in [0.15, 0.2) is 0 Å². The molecule has 0 bridgehead atoms. The first kappa shape index (κ1) is 18.6. The van der Waals surface area contributed by atoms with Crippen LogP contribution in [0.15, 0.2) is 59.4 Å². The van der Waals surface area contributed by atoms with Gasteiger partial charge in [0.2, 0.25) is 11.5 Å². The second-order valence-corrected chi connectivity index (χ2v) is 6.84. The number of rotatable bonds is 8. The molecule has 0 atom stereocenters. The van der Waals surface area contributed by atoms with Crippen LogP contribution in [0.3, 0.4) is 0 Å². The maximum absolute atomic E-state index is 10.7. The summed E-state index contributed by atoms with van der Waals surface area (Å²) in [5.74, 6) is 0. The average molecular weight is 386 g/mol. The molecule has 0 aliphatic rings. The van der Waals surface area contributed by atoms with Crippen molar-refractivity contribution in [3.8, 4) is 0 Å². The molecule has 0 spiro atoms. The molecule has 27 heavy (non-hydrogen) atoms. The van der Waals surface area contributed by atoms with Gasteiger partial charge in [0.05, 0.1) is 24.2 Å². The van der Waals surface area contributed by atoms with Gasteiger partial charge in [0, 0.05) is 12.2 Å². The maximum Gasteiger partial charge on any atom is 0.345 e. The lowest BCUT2D eigenvalue weighted by Crippen LogP contribution is -2.28. The summed E-state index contributed by atoms with van der Waals surface area (Å²) in [4.78, 5) is 16.3. The number of benzene rings is 1. The van der Waals surface area contributed by atoms with Crippen LogP contribution in [-0.4, -0.2) is 27.6 Å². The number of likely N-dealkylation sites (N-methyl/N-ethyl adjacent to an activating group) is 1. The van der Waals surface area contributed by atoms with Crippen LogP contribution in [0.25, 0.3) is 0 Å². The Morgan fingerprint density at radius 1 is 1.33 bits per heavy atom. The van der Waals surface area contributed by atoms with Crippen molar-refractivity contribution in [2.75, 3.05) is 18.0 Å². The zero-order valence-corrected chi connectivity index (χ0v) is 15.9. The summed E-state index contributed by atoms with van der Waals surface area (Å²) in [7, 11) is 2.01. The minimum atomic E-state index is -0.488. The van der Waals surface area contributed by atoms with Gasteiger partial charge >= 0.3 is 5.00 Å². The summed E-state index contributed by atoms with van der Waals surface area (Å²) >= 11 is 0.895. The summed E-state index contributed by atoms with van der Waals surface area (Å²) in [6.07, 6.45) is 7.32. The number of hydrogen-bond acceptors (Lipinski definition) is 7. The molecule has 0 N–H and O–H groups in total. The molecule has 0 aliphatic carbocycles. The second kappa shape index (κ2) is 8.49. The Morgan fingerprint density at radius 3 is 2.70 bits per heavy atom. The van der Waals surface area contributed by atoms with Crippen molar-refractivity contribution in [3.05, 3.63) is 59.3 Å². The molecule has 0 unspecified atom stereocenters. The lowest BCUT2D eigenvalue weighted by Gasteiger charge is -2.22. The van der Waals surface area contributed by atoms with Crippen LogP contribution in [0.4, 0.5) is 21.5 Å². The molecule has 3 rings (SSSR count). The van der Waals surface area contributed by atoms with Gasteiger partial charge in [-0.2, -0.15) is 0 Å². The van der Waals surface area contributed by atoms with E-state index in [-0.39, 0.29) is 10.1 Å². The summed E-state index contributed by atoms with van der Waals surface area (Å²) in [5, 5.41) is 18.9. The molecule has 0 fully saturated rings. The summed E-state index contributed by atoms with van der Waals surface area (Å²) in [6, 6.07) is 7.74. The van der Waals surface area contributed by atoms with E-state index in [1.54, 1.807) is 0 Å². The molecule has 0 saturated carbocycles. The van der Waals surface area contributed by atoms with Gasteiger partial charge in [0.25, 0.3) is 0 Å². The molecule has 0 radical (unpaired) electrons. The van der Waals surface area contributed by atoms with Gasteiger partial charge in [0.1, 0.15) is 25.1 Å². The van der Waals surface area contributed by atoms with Crippen molar-refractivity contribution in [2.24, 2.45) is 17.3 Å². The standard InChI is InChI=1S/C17H20N7O2S/c1-3-23(11-10-22-9-8-21(2)13-22)15-6-4-14(5-7-15)19-20-17-18-12-16(27-17)24(25)26/h4-9,12-13H,3,10-11H2,1-2H3/q+1. The molecule has 10 heteroatoms. The minimum Gasteiger partial charge on any atom is -0.368 e. The molecular weight excluding hydrogens is 366 g/mol. The third-order valence-electron chi connectivity index (χ3n) is 3.96. The first-order valence-electron chi connectivity index (χ1n) is 8.43. The van der Waals surface area contributed by atoms with Crippen LogP contribution in [0.5, 0.6) is 0 Å². The summed E-state index contributed by atoms with van der Waals surface area (Å²) in [5.41, 5.74) is 1.78. The lowest BCUT2D eigenvalue weighted by molar-refractivity contribution is -0.671. The number of aromatic nitrogens is 3. The van der Waals surface area contributed by atoms with Crippen molar-refractivity contribution in [3.63, 3.8) is 0 Å². The highest BCUT2D eigenvalue weighted by Gasteiger charge is 2.11. The van der Waals surface area contributed by atoms with Crippen LogP contribution in [0, 0.1) is 10.1 Å². The predicted molar refractivity (Wildman–Crippen MR) is 103 cm³/mol. The quantitative estimate of drug-likeness (QED) is 0.256. The monoisotopic (exact) mass is 386 g/mol. The Morgan fingerprint density at radius 2 is 2.11 bits per heavy atom. The number of hydrogen-bond donors (Lipinski definition) is 0. The highest BCUT2D eigenvalue weighted by atomic mass is 32.1. The zero-order chi connectivity index (χ0) is 19.2. The van der Waals surface area contributed by atoms with Gasteiger partial charge in [-0.15, -0.1) is 10.2 Å². The Balaban J connectivity index is 1.62. The SMILES string of the molecule is CCN(CCn1cc[n+](C)c1)c1ccc(N=Nc2ncc([N+](=O)[O-])s2)cc1. The van der Waals surface area contributed by atoms with E-state index < -0.39 is 4.92 Å². The number of thiazole rings is 1. The van der Waals surface area contributed by atoms with E-state index in [0.29, 0.717) is 5.69 Å². The van der Waals surface area contributed by atoms with Crippen LogP contribution in [0.1, 0.15) is 6.92 Å². The third-order valence-corrected chi connectivity index (χ3v) is 4.79. The van der Waals surface area contributed by atoms with Crippen molar-refractivity contribution in [1.29, 1.82) is 0 Å². The van der Waals surface area contributed by atoms with Crippen LogP contribution in [-0.2, 0) is 13.6 Å². The minimum absolute atomic E-state index is 0.0471. The smallest absolute Gasteiger partial charge is 0.345 e. The molecule has 3 aromatic rings. The van der Waals surface area contributed by atoms with Gasteiger partial charge < -0.3 is 4.90 Å². The van der Waals surface area contributed by atoms with Crippen molar-refractivity contribution < 1.29 is 9.49 Å². The highest BCUT2D eigenvalue weighted by molar-refractivity contribution is 7.18. The normalized spacial score (nSPS) is 11.2. The first-order valence-corrected chi connectivity index (χ1v) is 9.25. The van der Waals surface area contributed by atoms with E-state index in [1.165, 1.54) is 6.20 Å². The largest absolute Gasteiger partial charge is 0.368 e. The van der Waals surface area contributed by atoms with Crippen LogP contribution >= 0.6 is 11.3 Å². The number of aryl methyl sites for hydroxylation is 1. The van der Waals surface area contributed by atoms with Crippen molar-refractivity contribution in [2.45, 2.75) is 13.5 Å². The molecule has 9 nitrogen and oxygen atoms in total. The molecule has 2 heterocycles. The predicted octanol–water partition coefficient (Wildman–Crippen LogP) is 3.62. The molecule has 2 aromatic heterocycles. The molecule has 0 saturated heterocycles. The summed E-state index contributed by atoms with van der Waals surface area (Å²) in [6.45, 7) is 4.82. The van der Waals surface area contributed by atoms with Gasteiger partial charge in [-0.25, -0.2) is 14.1 Å². The van der Waals surface area contributed by atoms with E-state index in [0.717, 1.165) is 36.7 Å². The fraction of sp³-hybridized carbons (Fsp3) is 0.294. The Bertz CT molecular complexity index is 933. The van der Waals surface area contributed by atoms with Crippen molar-refractivity contribution in [1.82, 2.24) is 9.55 Å². The topological polar surface area (TPSA) is 92.8 Å². The number of anilines is 1. The molecule has 140 valence electrons. The number of imidazole rings is 1. The Kier molecular flexibility index (Phi) is 5.87. The van der Waals surface area contributed by atoms with E-state index in [4.69, 9.17) is 0 Å². The van der Waals surface area contributed by atoms with Crippen LogP contribution < -0.4 is 9.47 Å².